The lowest BCUT2D eigenvalue weighted by atomic mass is 10.1. The van der Waals surface area contributed by atoms with Crippen molar-refractivity contribution in [2.45, 2.75) is 51.9 Å². The van der Waals surface area contributed by atoms with Gasteiger partial charge in [-0.25, -0.2) is 0 Å². The van der Waals surface area contributed by atoms with Crippen LogP contribution in [0.5, 0.6) is 0 Å². The zero-order valence-electron chi connectivity index (χ0n) is 13.2. The molecule has 1 aromatic rings. The van der Waals surface area contributed by atoms with Gasteiger partial charge < -0.3 is 9.47 Å². The van der Waals surface area contributed by atoms with Gasteiger partial charge in [-0.2, -0.15) is 0 Å². The average Bonchev–Trinajstić information content (AvgIpc) is 2.50. The van der Waals surface area contributed by atoms with E-state index in [1.54, 1.807) is 0 Å². The summed E-state index contributed by atoms with van der Waals surface area (Å²) in [6.45, 7) is 4.27. The zero-order valence-corrected chi connectivity index (χ0v) is 13.2. The largest absolute Gasteiger partial charge is 0.465 e. The van der Waals surface area contributed by atoms with E-state index in [0.717, 1.165) is 38.0 Å². The molecule has 1 rings (SSSR count). The minimum atomic E-state index is -0.127. The number of ether oxygens (including phenoxy) is 2. The number of hydrogen-bond donors (Lipinski definition) is 0. The van der Waals surface area contributed by atoms with Gasteiger partial charge in [-0.1, -0.05) is 56.0 Å². The molecule has 0 atom stereocenters. The molecule has 0 radical (unpaired) electrons. The van der Waals surface area contributed by atoms with E-state index in [-0.39, 0.29) is 5.97 Å². The van der Waals surface area contributed by atoms with Gasteiger partial charge in [0.25, 0.3) is 0 Å². The summed E-state index contributed by atoms with van der Waals surface area (Å²) in [5.41, 5.74) is 1.01. The van der Waals surface area contributed by atoms with Crippen LogP contribution in [-0.2, 0) is 20.7 Å². The number of esters is 1. The predicted molar refractivity (Wildman–Crippen MR) is 85.3 cm³/mol. The van der Waals surface area contributed by atoms with E-state index in [0.29, 0.717) is 13.0 Å². The SMILES string of the molecule is CCOCCCCCCCCOC(=O)Cc1ccccc1. The maximum Gasteiger partial charge on any atom is 0.310 e. The van der Waals surface area contributed by atoms with Crippen LogP contribution < -0.4 is 0 Å². The normalized spacial score (nSPS) is 10.5. The summed E-state index contributed by atoms with van der Waals surface area (Å²) < 4.78 is 10.5. The fourth-order valence-corrected chi connectivity index (χ4v) is 2.16. The van der Waals surface area contributed by atoms with Crippen LogP contribution in [0, 0.1) is 0 Å². The molecule has 0 fully saturated rings. The fourth-order valence-electron chi connectivity index (χ4n) is 2.16. The first-order valence-corrected chi connectivity index (χ1v) is 8.10. The highest BCUT2D eigenvalue weighted by Gasteiger charge is 2.03. The lowest BCUT2D eigenvalue weighted by Gasteiger charge is -2.05. The number of benzene rings is 1. The van der Waals surface area contributed by atoms with Gasteiger partial charge in [0, 0.05) is 13.2 Å². The summed E-state index contributed by atoms with van der Waals surface area (Å²) in [5, 5.41) is 0. The van der Waals surface area contributed by atoms with Crippen LogP contribution in [0.1, 0.15) is 51.0 Å². The summed E-state index contributed by atoms with van der Waals surface area (Å²) >= 11 is 0. The monoisotopic (exact) mass is 292 g/mol. The van der Waals surface area contributed by atoms with Crippen LogP contribution in [0.25, 0.3) is 0 Å². The highest BCUT2D eigenvalue weighted by atomic mass is 16.5. The topological polar surface area (TPSA) is 35.5 Å². The maximum absolute atomic E-state index is 11.6. The van der Waals surface area contributed by atoms with E-state index in [9.17, 15) is 4.79 Å². The summed E-state index contributed by atoms with van der Waals surface area (Å²) in [7, 11) is 0. The number of carbonyl (C=O) groups excluding carboxylic acids is 1. The molecule has 0 saturated carbocycles. The molecule has 21 heavy (non-hydrogen) atoms. The second-order valence-corrected chi connectivity index (χ2v) is 5.20. The molecular formula is C18H28O3. The van der Waals surface area contributed by atoms with E-state index in [1.807, 2.05) is 37.3 Å². The summed E-state index contributed by atoms with van der Waals surface area (Å²) in [6.07, 6.45) is 7.30. The summed E-state index contributed by atoms with van der Waals surface area (Å²) in [5.74, 6) is -0.127. The van der Waals surface area contributed by atoms with Crippen molar-refractivity contribution < 1.29 is 14.3 Å². The van der Waals surface area contributed by atoms with E-state index >= 15 is 0 Å². The predicted octanol–water partition coefficient (Wildman–Crippen LogP) is 4.15. The van der Waals surface area contributed by atoms with Crippen LogP contribution in [0.4, 0.5) is 0 Å². The molecule has 0 bridgehead atoms. The third-order valence-electron chi connectivity index (χ3n) is 3.34. The molecule has 0 amide bonds. The Morgan fingerprint density at radius 2 is 1.52 bits per heavy atom. The Bertz CT molecular complexity index is 362. The Morgan fingerprint density at radius 3 is 2.19 bits per heavy atom. The second-order valence-electron chi connectivity index (χ2n) is 5.20. The van der Waals surface area contributed by atoms with Gasteiger partial charge in [-0.05, 0) is 25.3 Å². The van der Waals surface area contributed by atoms with Crippen molar-refractivity contribution in [2.75, 3.05) is 19.8 Å². The second kappa shape index (κ2) is 12.4. The van der Waals surface area contributed by atoms with Gasteiger partial charge in [0.1, 0.15) is 0 Å². The molecule has 0 aliphatic heterocycles. The molecule has 0 spiro atoms. The number of rotatable bonds is 12. The first-order valence-electron chi connectivity index (χ1n) is 8.10. The quantitative estimate of drug-likeness (QED) is 0.429. The molecule has 0 aliphatic rings. The number of carbonyl (C=O) groups is 1. The third kappa shape index (κ3) is 10.1. The molecular weight excluding hydrogens is 264 g/mol. The highest BCUT2D eigenvalue weighted by molar-refractivity contribution is 5.72. The molecule has 0 unspecified atom stereocenters. The molecule has 0 aliphatic carbocycles. The maximum atomic E-state index is 11.6. The minimum absolute atomic E-state index is 0.127. The Morgan fingerprint density at radius 1 is 0.905 bits per heavy atom. The smallest absolute Gasteiger partial charge is 0.310 e. The van der Waals surface area contributed by atoms with E-state index in [4.69, 9.17) is 9.47 Å². The Labute approximate surface area is 128 Å². The van der Waals surface area contributed by atoms with Crippen LogP contribution in [0.3, 0.4) is 0 Å². The van der Waals surface area contributed by atoms with Crippen molar-refractivity contribution in [3.8, 4) is 0 Å². The van der Waals surface area contributed by atoms with E-state index < -0.39 is 0 Å². The fraction of sp³-hybridized carbons (Fsp3) is 0.611. The van der Waals surface area contributed by atoms with Gasteiger partial charge >= 0.3 is 5.97 Å². The lowest BCUT2D eigenvalue weighted by Crippen LogP contribution is -2.08. The first-order chi connectivity index (χ1) is 10.3. The van der Waals surface area contributed by atoms with Crippen LogP contribution in [0.2, 0.25) is 0 Å². The van der Waals surface area contributed by atoms with Crippen molar-refractivity contribution >= 4 is 5.97 Å². The molecule has 1 aromatic carbocycles. The molecule has 3 heteroatoms. The first kappa shape index (κ1) is 17.7. The van der Waals surface area contributed by atoms with Crippen molar-refractivity contribution in [3.63, 3.8) is 0 Å². The van der Waals surface area contributed by atoms with Gasteiger partial charge in [0.2, 0.25) is 0 Å². The molecule has 0 aromatic heterocycles. The van der Waals surface area contributed by atoms with Gasteiger partial charge in [-0.15, -0.1) is 0 Å². The Hall–Kier alpha value is -1.35. The van der Waals surface area contributed by atoms with Crippen molar-refractivity contribution in [3.05, 3.63) is 35.9 Å². The number of hydrogen-bond acceptors (Lipinski definition) is 3. The highest BCUT2D eigenvalue weighted by Crippen LogP contribution is 2.06. The lowest BCUT2D eigenvalue weighted by molar-refractivity contribution is -0.142. The van der Waals surface area contributed by atoms with Gasteiger partial charge in [0.05, 0.1) is 13.0 Å². The summed E-state index contributed by atoms with van der Waals surface area (Å²) in [4.78, 5) is 11.6. The standard InChI is InChI=1S/C18H28O3/c1-2-20-14-10-5-3-4-6-11-15-21-18(19)16-17-12-8-7-9-13-17/h7-9,12-13H,2-6,10-11,14-16H2,1H3. The van der Waals surface area contributed by atoms with Crippen LogP contribution in [0.15, 0.2) is 30.3 Å². The molecule has 0 heterocycles. The van der Waals surface area contributed by atoms with E-state index in [1.165, 1.54) is 19.3 Å². The molecule has 0 saturated heterocycles. The van der Waals surface area contributed by atoms with Crippen molar-refractivity contribution in [1.82, 2.24) is 0 Å². The van der Waals surface area contributed by atoms with Crippen molar-refractivity contribution in [2.24, 2.45) is 0 Å². The zero-order chi connectivity index (χ0) is 15.2. The molecule has 0 N–H and O–H groups in total. The Kier molecular flexibility index (Phi) is 10.4. The van der Waals surface area contributed by atoms with E-state index in [2.05, 4.69) is 0 Å². The average molecular weight is 292 g/mol. The third-order valence-corrected chi connectivity index (χ3v) is 3.34. The number of unbranched alkanes of at least 4 members (excludes halogenated alkanes) is 5. The van der Waals surface area contributed by atoms with Crippen LogP contribution >= 0.6 is 0 Å². The molecule has 3 nitrogen and oxygen atoms in total. The van der Waals surface area contributed by atoms with Crippen LogP contribution in [-0.4, -0.2) is 25.8 Å². The van der Waals surface area contributed by atoms with Crippen molar-refractivity contribution in [1.29, 1.82) is 0 Å². The van der Waals surface area contributed by atoms with Gasteiger partial charge in [-0.3, -0.25) is 4.79 Å². The Balaban J connectivity index is 1.89. The minimum Gasteiger partial charge on any atom is -0.465 e. The molecule has 118 valence electrons. The summed E-state index contributed by atoms with van der Waals surface area (Å²) in [6, 6.07) is 9.72. The van der Waals surface area contributed by atoms with Gasteiger partial charge in [0.15, 0.2) is 0 Å².